The molecule has 0 aromatic heterocycles. The lowest BCUT2D eigenvalue weighted by Gasteiger charge is -2.61. The minimum Gasteiger partial charge on any atom is -0.353 e. The number of fused-ring (bicyclic) bond motifs is 7. The Bertz CT molecular complexity index is 974. The van der Waals surface area contributed by atoms with Crippen molar-refractivity contribution in [2.24, 2.45) is 52.3 Å². The molecule has 7 fully saturated rings. The fourth-order valence-electron chi connectivity index (χ4n) is 12.0. The van der Waals surface area contributed by atoms with E-state index in [4.69, 9.17) is 9.47 Å². The highest BCUT2D eigenvalue weighted by molar-refractivity contribution is 5.76. The summed E-state index contributed by atoms with van der Waals surface area (Å²) in [6.07, 6.45) is 13.8. The zero-order valence-corrected chi connectivity index (χ0v) is 26.8. The van der Waals surface area contributed by atoms with E-state index in [-0.39, 0.29) is 11.7 Å². The molecule has 4 saturated carbocycles. The Morgan fingerprint density at radius 1 is 0.902 bits per heavy atom. The molecular weight excluding hydrogens is 510 g/mol. The molecule has 3 heterocycles. The molecule has 12 atom stereocenters. The summed E-state index contributed by atoms with van der Waals surface area (Å²) in [6.45, 7) is 16.3. The quantitative estimate of drug-likeness (QED) is 0.481. The van der Waals surface area contributed by atoms with E-state index in [2.05, 4.69) is 49.9 Å². The normalized spacial score (nSPS) is 52.0. The van der Waals surface area contributed by atoms with Crippen LogP contribution in [0.4, 0.5) is 0 Å². The average molecular weight is 570 g/mol. The van der Waals surface area contributed by atoms with Gasteiger partial charge in [-0.3, -0.25) is 4.79 Å². The predicted octanol–water partition coefficient (Wildman–Crippen LogP) is 5.56. The first-order valence-corrected chi connectivity index (χ1v) is 17.6. The molecule has 7 rings (SSSR count). The Balaban J connectivity index is 0.964. The Hall–Kier alpha value is -0.690. The molecule has 1 N–H and O–H groups in total. The van der Waals surface area contributed by atoms with Gasteiger partial charge in [0.25, 0.3) is 0 Å². The van der Waals surface area contributed by atoms with Gasteiger partial charge in [0, 0.05) is 57.5 Å². The van der Waals surface area contributed by atoms with Crippen LogP contribution in [0.5, 0.6) is 0 Å². The maximum Gasteiger partial charge on any atom is 0.221 e. The number of hydrogen-bond donors (Lipinski definition) is 1. The summed E-state index contributed by atoms with van der Waals surface area (Å²) in [5.41, 5.74) is 0.846. The molecule has 6 nitrogen and oxygen atoms in total. The van der Waals surface area contributed by atoms with Crippen LogP contribution in [0.15, 0.2) is 0 Å². The van der Waals surface area contributed by atoms with Gasteiger partial charge in [0.05, 0.1) is 12.7 Å². The first kappa shape index (κ1) is 29.0. The monoisotopic (exact) mass is 569 g/mol. The van der Waals surface area contributed by atoms with E-state index in [1.807, 2.05) is 0 Å². The summed E-state index contributed by atoms with van der Waals surface area (Å²) in [6, 6.07) is 0.382. The van der Waals surface area contributed by atoms with Crippen LogP contribution in [-0.4, -0.2) is 80.0 Å². The Morgan fingerprint density at radius 3 is 2.44 bits per heavy atom. The van der Waals surface area contributed by atoms with E-state index < -0.39 is 0 Å². The maximum absolute atomic E-state index is 12.9. The predicted molar refractivity (Wildman–Crippen MR) is 162 cm³/mol. The highest BCUT2D eigenvalue weighted by atomic mass is 16.7. The van der Waals surface area contributed by atoms with Crippen molar-refractivity contribution in [1.29, 1.82) is 0 Å². The van der Waals surface area contributed by atoms with Crippen molar-refractivity contribution in [2.45, 2.75) is 116 Å². The van der Waals surface area contributed by atoms with Crippen LogP contribution >= 0.6 is 0 Å². The van der Waals surface area contributed by atoms with Crippen molar-refractivity contribution in [1.82, 2.24) is 15.1 Å². The van der Waals surface area contributed by atoms with Crippen molar-refractivity contribution in [3.8, 4) is 0 Å². The van der Waals surface area contributed by atoms with Gasteiger partial charge in [-0.2, -0.15) is 0 Å². The summed E-state index contributed by atoms with van der Waals surface area (Å²) < 4.78 is 13.5. The van der Waals surface area contributed by atoms with Gasteiger partial charge in [0.2, 0.25) is 5.91 Å². The lowest BCUT2D eigenvalue weighted by molar-refractivity contribution is -0.273. The van der Waals surface area contributed by atoms with Gasteiger partial charge < -0.3 is 24.6 Å². The molecule has 0 aromatic rings. The molecule has 1 amide bonds. The summed E-state index contributed by atoms with van der Waals surface area (Å²) in [7, 11) is 2.19. The van der Waals surface area contributed by atoms with Gasteiger partial charge in [-0.25, -0.2) is 0 Å². The minimum absolute atomic E-state index is 0.278. The molecule has 0 bridgehead atoms. The molecule has 0 unspecified atom stereocenters. The first-order chi connectivity index (χ1) is 19.6. The van der Waals surface area contributed by atoms with E-state index >= 15 is 0 Å². The number of nitrogens with zero attached hydrogens (tertiary/aromatic N) is 2. The molecule has 4 aliphatic carbocycles. The van der Waals surface area contributed by atoms with Gasteiger partial charge in [-0.15, -0.1) is 0 Å². The van der Waals surface area contributed by atoms with E-state index in [1.54, 1.807) is 0 Å². The van der Waals surface area contributed by atoms with Crippen molar-refractivity contribution >= 4 is 5.91 Å². The van der Waals surface area contributed by atoms with Gasteiger partial charge in [-0.1, -0.05) is 27.7 Å². The van der Waals surface area contributed by atoms with Crippen LogP contribution in [0, 0.1) is 52.3 Å². The molecule has 0 radical (unpaired) electrons. The van der Waals surface area contributed by atoms with E-state index in [0.29, 0.717) is 47.2 Å². The molecular formula is C35H59N3O3. The van der Waals surface area contributed by atoms with Crippen LogP contribution in [0.1, 0.15) is 98.3 Å². The minimum atomic E-state index is -0.302. The topological polar surface area (TPSA) is 54.0 Å². The fourth-order valence-corrected chi connectivity index (χ4v) is 12.0. The zero-order chi connectivity index (χ0) is 28.6. The van der Waals surface area contributed by atoms with Gasteiger partial charge in [-0.05, 0) is 111 Å². The van der Waals surface area contributed by atoms with Gasteiger partial charge in [0.1, 0.15) is 0 Å². The molecule has 3 saturated heterocycles. The number of rotatable bonds is 4. The average Bonchev–Trinajstić information content (AvgIpc) is 3.40. The van der Waals surface area contributed by atoms with Crippen LogP contribution in [0.2, 0.25) is 0 Å². The highest BCUT2D eigenvalue weighted by Gasteiger charge is 2.69. The number of likely N-dealkylation sites (N-methyl/N-ethyl adjacent to an activating group) is 1. The number of amides is 1. The van der Waals surface area contributed by atoms with Crippen molar-refractivity contribution < 1.29 is 14.3 Å². The lowest BCUT2D eigenvalue weighted by atomic mass is 9.44. The molecule has 7 aliphatic rings. The SMILES string of the molecule is C[C@H]1CC[C@@]2(OC1)O[C@H]1C[C@H]3[C@@H]4CC[C@@H]5C[C@H](NC(=O)CCN6CCN(C)CC6)CC[C@]5(C)[C@H]4CC[C@]3(C)[C@H]1[C@@H]2C. The van der Waals surface area contributed by atoms with E-state index in [9.17, 15) is 4.79 Å². The smallest absolute Gasteiger partial charge is 0.221 e. The van der Waals surface area contributed by atoms with E-state index in [0.717, 1.165) is 69.4 Å². The number of ether oxygens (including phenoxy) is 2. The summed E-state index contributed by atoms with van der Waals surface area (Å²) >= 11 is 0. The fraction of sp³-hybridized carbons (Fsp3) is 0.971. The third-order valence-electron chi connectivity index (χ3n) is 14.5. The number of carbonyl (C=O) groups is 1. The zero-order valence-electron chi connectivity index (χ0n) is 26.8. The second-order valence-corrected chi connectivity index (χ2v) is 16.6. The maximum atomic E-state index is 12.9. The number of carbonyl (C=O) groups excluding carboxylic acids is 1. The lowest BCUT2D eigenvalue weighted by Crippen LogP contribution is -2.56. The van der Waals surface area contributed by atoms with Crippen molar-refractivity contribution in [3.63, 3.8) is 0 Å². The van der Waals surface area contributed by atoms with Gasteiger partial charge in [0.15, 0.2) is 5.79 Å². The third kappa shape index (κ3) is 4.84. The highest BCUT2D eigenvalue weighted by Crippen LogP contribution is 2.71. The van der Waals surface area contributed by atoms with Crippen LogP contribution in [0.3, 0.4) is 0 Å². The van der Waals surface area contributed by atoms with E-state index in [1.165, 1.54) is 57.8 Å². The Morgan fingerprint density at radius 2 is 1.68 bits per heavy atom. The van der Waals surface area contributed by atoms with Crippen LogP contribution < -0.4 is 5.32 Å². The number of piperazine rings is 1. The van der Waals surface area contributed by atoms with Crippen molar-refractivity contribution in [2.75, 3.05) is 46.4 Å². The van der Waals surface area contributed by atoms with Crippen molar-refractivity contribution in [3.05, 3.63) is 0 Å². The standard InChI is InChI=1S/C35H59N3O3/c1-23-8-14-35(40-22-23)24(2)32-30(41-35)21-29-27-7-6-25-20-26(9-12-33(25,3)28(27)10-13-34(29,32)4)36-31(39)11-15-38-18-16-37(5)17-19-38/h23-30,32H,6-22H2,1-5H3,(H,36,39)/t23-,24-,25+,26+,27+,28-,29-,30-,32-,33-,34-,35+/m0/s1. The summed E-state index contributed by atoms with van der Waals surface area (Å²) in [4.78, 5) is 17.8. The molecule has 1 spiro atoms. The van der Waals surface area contributed by atoms with Crippen LogP contribution in [0.25, 0.3) is 0 Å². The van der Waals surface area contributed by atoms with Crippen LogP contribution in [-0.2, 0) is 14.3 Å². The molecule has 3 aliphatic heterocycles. The molecule has 0 aromatic carbocycles. The second-order valence-electron chi connectivity index (χ2n) is 16.6. The summed E-state index contributed by atoms with van der Waals surface area (Å²) in [5.74, 6) is 5.09. The number of hydrogen-bond acceptors (Lipinski definition) is 5. The Kier molecular flexibility index (Phi) is 7.60. The third-order valence-corrected chi connectivity index (χ3v) is 14.5. The number of nitrogens with one attached hydrogen (secondary N) is 1. The summed E-state index contributed by atoms with van der Waals surface area (Å²) in [5, 5.41) is 3.49. The largest absolute Gasteiger partial charge is 0.353 e. The first-order valence-electron chi connectivity index (χ1n) is 17.6. The Labute approximate surface area is 250 Å². The molecule has 232 valence electrons. The second kappa shape index (κ2) is 10.7. The van der Waals surface area contributed by atoms with Gasteiger partial charge >= 0.3 is 0 Å². The molecule has 41 heavy (non-hydrogen) atoms. The molecule has 6 heteroatoms.